The largest absolute Gasteiger partial charge is 0.480 e. The average molecular weight is 325 g/mol. The lowest BCUT2D eigenvalue weighted by atomic mass is 10.1. The molecule has 21 heavy (non-hydrogen) atoms. The van der Waals surface area contributed by atoms with Gasteiger partial charge in [0.2, 0.25) is 10.0 Å². The second kappa shape index (κ2) is 6.02. The summed E-state index contributed by atoms with van der Waals surface area (Å²) >= 11 is 0. The summed E-state index contributed by atoms with van der Waals surface area (Å²) in [6.07, 6.45) is -4.57. The van der Waals surface area contributed by atoms with Crippen LogP contribution in [-0.4, -0.2) is 25.5 Å². The van der Waals surface area contributed by atoms with E-state index >= 15 is 0 Å². The van der Waals surface area contributed by atoms with Crippen LogP contribution in [0.15, 0.2) is 29.2 Å². The molecular formula is C12H14F3NO4S. The molecule has 1 aromatic rings. The lowest BCUT2D eigenvalue weighted by molar-refractivity contribution is -0.140. The number of sulfonamides is 1. The minimum Gasteiger partial charge on any atom is -0.480 e. The van der Waals surface area contributed by atoms with E-state index in [-0.39, 0.29) is 0 Å². The number of hydrogen-bond donors (Lipinski definition) is 2. The first-order chi connectivity index (χ1) is 9.45. The van der Waals surface area contributed by atoms with E-state index in [0.717, 1.165) is 12.1 Å². The molecule has 0 amide bonds. The van der Waals surface area contributed by atoms with E-state index in [1.54, 1.807) is 0 Å². The molecule has 1 atom stereocenters. The third kappa shape index (κ3) is 4.43. The van der Waals surface area contributed by atoms with E-state index in [1.807, 2.05) is 4.72 Å². The zero-order valence-electron chi connectivity index (χ0n) is 11.2. The summed E-state index contributed by atoms with van der Waals surface area (Å²) < 4.78 is 63.1. The maximum absolute atomic E-state index is 12.4. The molecule has 2 N–H and O–H groups in total. The Balaban J connectivity index is 3.06. The van der Waals surface area contributed by atoms with E-state index in [9.17, 15) is 26.4 Å². The van der Waals surface area contributed by atoms with Crippen LogP contribution in [0.25, 0.3) is 0 Å². The van der Waals surface area contributed by atoms with Gasteiger partial charge in [-0.2, -0.15) is 17.9 Å². The molecule has 0 bridgehead atoms. The summed E-state index contributed by atoms with van der Waals surface area (Å²) in [6.45, 7) is 3.02. The van der Waals surface area contributed by atoms with Gasteiger partial charge in [0.25, 0.3) is 0 Å². The van der Waals surface area contributed by atoms with Crippen molar-refractivity contribution in [1.82, 2.24) is 4.72 Å². The molecular weight excluding hydrogens is 311 g/mol. The molecule has 0 radical (unpaired) electrons. The highest BCUT2D eigenvalue weighted by Crippen LogP contribution is 2.29. The molecule has 0 aliphatic heterocycles. The Labute approximate surface area is 119 Å². The first kappa shape index (κ1) is 17.4. The molecule has 9 heteroatoms. The molecule has 0 aromatic heterocycles. The molecule has 0 spiro atoms. The Hall–Kier alpha value is -1.61. The van der Waals surface area contributed by atoms with Gasteiger partial charge in [-0.3, -0.25) is 4.79 Å². The van der Waals surface area contributed by atoms with Gasteiger partial charge in [-0.15, -0.1) is 0 Å². The van der Waals surface area contributed by atoms with Crippen molar-refractivity contribution in [1.29, 1.82) is 0 Å². The highest BCUT2D eigenvalue weighted by atomic mass is 32.2. The zero-order chi connectivity index (χ0) is 16.4. The number of hydrogen-bond acceptors (Lipinski definition) is 3. The van der Waals surface area contributed by atoms with Crippen LogP contribution in [0.5, 0.6) is 0 Å². The van der Waals surface area contributed by atoms with Crippen molar-refractivity contribution in [3.05, 3.63) is 29.8 Å². The van der Waals surface area contributed by atoms with Crippen LogP contribution >= 0.6 is 0 Å². The first-order valence-corrected chi connectivity index (χ1v) is 7.36. The molecule has 1 unspecified atom stereocenters. The fraction of sp³-hybridized carbons (Fsp3) is 0.417. The van der Waals surface area contributed by atoms with Gasteiger partial charge in [0.1, 0.15) is 6.04 Å². The Morgan fingerprint density at radius 1 is 1.19 bits per heavy atom. The lowest BCUT2D eigenvalue weighted by Gasteiger charge is -2.18. The van der Waals surface area contributed by atoms with Gasteiger partial charge in [0.05, 0.1) is 10.5 Å². The number of alkyl halides is 3. The molecule has 0 fully saturated rings. The second-order valence-electron chi connectivity index (χ2n) is 4.70. The number of rotatable bonds is 5. The van der Waals surface area contributed by atoms with Crippen molar-refractivity contribution in [2.75, 3.05) is 0 Å². The summed E-state index contributed by atoms with van der Waals surface area (Å²) in [4.78, 5) is 10.5. The van der Waals surface area contributed by atoms with E-state index in [1.165, 1.54) is 13.8 Å². The number of aliphatic carboxylic acids is 1. The van der Waals surface area contributed by atoms with Crippen LogP contribution in [0.2, 0.25) is 0 Å². The first-order valence-electron chi connectivity index (χ1n) is 5.87. The van der Waals surface area contributed by atoms with Crippen LogP contribution in [-0.2, 0) is 21.0 Å². The van der Waals surface area contributed by atoms with Gasteiger partial charge in [-0.25, -0.2) is 8.42 Å². The number of carboxylic acids is 1. The van der Waals surface area contributed by atoms with Crippen LogP contribution < -0.4 is 4.72 Å². The Morgan fingerprint density at radius 2 is 1.67 bits per heavy atom. The summed E-state index contributed by atoms with van der Waals surface area (Å²) in [6, 6.07) is 1.45. The number of carbonyl (C=O) groups is 1. The molecule has 0 heterocycles. The second-order valence-corrected chi connectivity index (χ2v) is 6.42. The molecule has 1 rings (SSSR count). The van der Waals surface area contributed by atoms with Crippen LogP contribution in [0.1, 0.15) is 19.4 Å². The molecule has 0 saturated heterocycles. The van der Waals surface area contributed by atoms with E-state index in [0.29, 0.717) is 12.1 Å². The van der Waals surface area contributed by atoms with E-state index < -0.39 is 44.6 Å². The quantitative estimate of drug-likeness (QED) is 0.868. The lowest BCUT2D eigenvalue weighted by Crippen LogP contribution is -2.44. The van der Waals surface area contributed by atoms with Gasteiger partial charge in [0.15, 0.2) is 0 Å². The zero-order valence-corrected chi connectivity index (χ0v) is 12.0. The van der Waals surface area contributed by atoms with Crippen LogP contribution in [0.4, 0.5) is 13.2 Å². The van der Waals surface area contributed by atoms with Crippen molar-refractivity contribution in [3.8, 4) is 0 Å². The molecule has 0 aliphatic rings. The van der Waals surface area contributed by atoms with Gasteiger partial charge in [-0.05, 0) is 30.2 Å². The average Bonchev–Trinajstić information content (AvgIpc) is 2.34. The van der Waals surface area contributed by atoms with Crippen molar-refractivity contribution in [2.45, 2.75) is 31.0 Å². The molecule has 1 aromatic carbocycles. The Kier molecular flexibility index (Phi) is 5.00. The number of benzene rings is 1. The fourth-order valence-electron chi connectivity index (χ4n) is 1.53. The summed E-state index contributed by atoms with van der Waals surface area (Å²) in [7, 11) is -4.21. The standard InChI is InChI=1S/C12H14F3NO4S/c1-7(2)10(11(17)18)16-21(19,20)9-5-3-8(4-6-9)12(13,14)15/h3-7,10,16H,1-2H3,(H,17,18). The molecule has 0 aliphatic carbocycles. The monoisotopic (exact) mass is 325 g/mol. The van der Waals surface area contributed by atoms with Gasteiger partial charge >= 0.3 is 12.1 Å². The maximum atomic E-state index is 12.4. The number of carboxylic acid groups (broad SMARTS) is 1. The van der Waals surface area contributed by atoms with Crippen molar-refractivity contribution >= 4 is 16.0 Å². The smallest absolute Gasteiger partial charge is 0.416 e. The normalized spacial score (nSPS) is 14.2. The predicted molar refractivity (Wildman–Crippen MR) is 68.0 cm³/mol. The minimum atomic E-state index is -4.57. The van der Waals surface area contributed by atoms with Crippen LogP contribution in [0.3, 0.4) is 0 Å². The Morgan fingerprint density at radius 3 is 2.00 bits per heavy atom. The highest BCUT2D eigenvalue weighted by Gasteiger charge is 2.32. The Bertz CT molecular complexity index is 608. The third-order valence-electron chi connectivity index (χ3n) is 2.71. The van der Waals surface area contributed by atoms with E-state index in [2.05, 4.69) is 0 Å². The SMILES string of the molecule is CC(C)C(NS(=O)(=O)c1ccc(C(F)(F)F)cc1)C(=O)O. The number of halogens is 3. The maximum Gasteiger partial charge on any atom is 0.416 e. The van der Waals surface area contributed by atoms with Gasteiger partial charge in [-0.1, -0.05) is 13.8 Å². The summed E-state index contributed by atoms with van der Waals surface area (Å²) in [5.74, 6) is -1.88. The fourth-order valence-corrected chi connectivity index (χ4v) is 2.87. The van der Waals surface area contributed by atoms with Crippen molar-refractivity contribution < 1.29 is 31.5 Å². The van der Waals surface area contributed by atoms with E-state index in [4.69, 9.17) is 5.11 Å². The molecule has 118 valence electrons. The van der Waals surface area contributed by atoms with Gasteiger partial charge in [0, 0.05) is 0 Å². The predicted octanol–water partition coefficient (Wildman–Crippen LogP) is 2.09. The minimum absolute atomic E-state index is 0.428. The van der Waals surface area contributed by atoms with Crippen LogP contribution in [0, 0.1) is 5.92 Å². The summed E-state index contributed by atoms with van der Waals surface area (Å²) in [5.41, 5.74) is -0.986. The third-order valence-corrected chi connectivity index (χ3v) is 4.16. The highest BCUT2D eigenvalue weighted by molar-refractivity contribution is 7.89. The summed E-state index contributed by atoms with van der Waals surface area (Å²) in [5, 5.41) is 8.93. The molecule has 0 saturated carbocycles. The van der Waals surface area contributed by atoms with Gasteiger partial charge < -0.3 is 5.11 Å². The number of nitrogens with one attached hydrogen (secondary N) is 1. The topological polar surface area (TPSA) is 83.5 Å². The van der Waals surface area contributed by atoms with Crippen molar-refractivity contribution in [2.24, 2.45) is 5.92 Å². The molecule has 5 nitrogen and oxygen atoms in total. The van der Waals surface area contributed by atoms with Crippen molar-refractivity contribution in [3.63, 3.8) is 0 Å².